The third-order valence-electron chi connectivity index (χ3n) is 7.35. The van der Waals surface area contributed by atoms with E-state index >= 15 is 4.39 Å². The van der Waals surface area contributed by atoms with Gasteiger partial charge in [0.1, 0.15) is 23.9 Å². The maximum Gasteiger partial charge on any atom is 0.200 e. The summed E-state index contributed by atoms with van der Waals surface area (Å²) in [6.07, 6.45) is 5.08. The number of halogens is 1. The molecule has 0 atom stereocenters. The van der Waals surface area contributed by atoms with Crippen molar-refractivity contribution < 1.29 is 19.0 Å². The molecule has 8 nitrogen and oxygen atoms in total. The van der Waals surface area contributed by atoms with E-state index in [1.807, 2.05) is 54.9 Å². The zero-order chi connectivity index (χ0) is 31.7. The third-order valence-corrected chi connectivity index (χ3v) is 7.35. The Labute approximate surface area is 259 Å². The second-order valence-corrected chi connectivity index (χ2v) is 11.5. The summed E-state index contributed by atoms with van der Waals surface area (Å²) < 4.78 is 29.1. The normalized spacial score (nSPS) is 11.6. The van der Waals surface area contributed by atoms with Gasteiger partial charge in [-0.2, -0.15) is 0 Å². The van der Waals surface area contributed by atoms with Crippen molar-refractivity contribution in [1.29, 1.82) is 0 Å². The van der Waals surface area contributed by atoms with Crippen molar-refractivity contribution in [1.82, 2.24) is 14.5 Å². The Balaban J connectivity index is 1.30. The molecule has 0 aliphatic carbocycles. The molecule has 0 radical (unpaired) electrons. The van der Waals surface area contributed by atoms with Crippen LogP contribution in [0.4, 0.5) is 15.9 Å². The van der Waals surface area contributed by atoms with Crippen LogP contribution in [0.15, 0.2) is 96.2 Å². The van der Waals surface area contributed by atoms with E-state index in [0.29, 0.717) is 51.4 Å². The van der Waals surface area contributed by atoms with Gasteiger partial charge >= 0.3 is 0 Å². The summed E-state index contributed by atoms with van der Waals surface area (Å²) in [4.78, 5) is 22.7. The minimum atomic E-state index is -0.978. The van der Waals surface area contributed by atoms with Gasteiger partial charge in [0.25, 0.3) is 0 Å². The second kappa shape index (κ2) is 12.0. The van der Waals surface area contributed by atoms with Gasteiger partial charge in [0.15, 0.2) is 11.6 Å². The largest absolute Gasteiger partial charge is 0.491 e. The predicted octanol–water partition coefficient (Wildman–Crippen LogP) is 7.76. The van der Waals surface area contributed by atoms with Crippen molar-refractivity contribution in [3.05, 3.63) is 113 Å². The van der Waals surface area contributed by atoms with Crippen LogP contribution in [0.25, 0.3) is 32.9 Å². The highest BCUT2D eigenvalue weighted by Crippen LogP contribution is 2.34. The molecule has 6 rings (SSSR count). The number of hydrogen-bond acceptors (Lipinski definition) is 7. The van der Waals surface area contributed by atoms with Crippen LogP contribution >= 0.6 is 0 Å². The van der Waals surface area contributed by atoms with E-state index in [-0.39, 0.29) is 17.8 Å². The van der Waals surface area contributed by atoms with Crippen molar-refractivity contribution in [3.8, 4) is 28.4 Å². The maximum absolute atomic E-state index is 15.4. The minimum Gasteiger partial charge on any atom is -0.491 e. The molecule has 0 saturated heterocycles. The Bertz CT molecular complexity index is 2100. The molecule has 0 unspecified atom stereocenters. The fourth-order valence-corrected chi connectivity index (χ4v) is 5.17. The van der Waals surface area contributed by atoms with E-state index in [9.17, 15) is 9.90 Å². The van der Waals surface area contributed by atoms with Gasteiger partial charge < -0.3 is 24.5 Å². The van der Waals surface area contributed by atoms with Gasteiger partial charge in [-0.05, 0) is 69.7 Å². The van der Waals surface area contributed by atoms with Crippen molar-refractivity contribution in [3.63, 3.8) is 0 Å². The SMILES string of the molecule is CCn1cc(-c2cccc(C)c2)c(=O)c2c(Nc3ccc(Oc4ccnc5cc(OCC(C)(C)O)ccc45)c(F)c3)nccc21. The number of aromatic nitrogens is 3. The smallest absolute Gasteiger partial charge is 0.200 e. The number of hydrogen-bond donors (Lipinski definition) is 2. The molecule has 3 heterocycles. The van der Waals surface area contributed by atoms with Crippen LogP contribution in [0.1, 0.15) is 26.3 Å². The van der Waals surface area contributed by atoms with Crippen molar-refractivity contribution >= 4 is 33.3 Å². The maximum atomic E-state index is 15.4. The monoisotopic (exact) mass is 604 g/mol. The first-order valence-electron chi connectivity index (χ1n) is 14.7. The molecule has 0 fully saturated rings. The van der Waals surface area contributed by atoms with Gasteiger partial charge in [0, 0.05) is 53.9 Å². The lowest BCUT2D eigenvalue weighted by atomic mass is 10.0. The van der Waals surface area contributed by atoms with Crippen molar-refractivity contribution in [2.45, 2.75) is 39.8 Å². The standard InChI is InChI=1S/C36H33FN4O4/c1-5-41-20-27(23-8-6-7-22(2)17-23)34(42)33-30(41)13-15-39-35(33)40-24-9-12-32(28(37)18-24)45-31-14-16-38-29-19-25(10-11-26(29)31)44-21-36(3,4)43/h6-20,43H,5,21H2,1-4H3,(H,39,40). The highest BCUT2D eigenvalue weighted by Gasteiger charge is 2.17. The van der Waals surface area contributed by atoms with Crippen LogP contribution < -0.4 is 20.2 Å². The molecule has 2 N–H and O–H groups in total. The van der Waals surface area contributed by atoms with Crippen LogP contribution in [0.2, 0.25) is 0 Å². The molecule has 0 bridgehead atoms. The first-order chi connectivity index (χ1) is 21.6. The lowest BCUT2D eigenvalue weighted by Crippen LogP contribution is -2.27. The molecule has 3 aromatic carbocycles. The molecular formula is C36H33FN4O4. The molecule has 6 aromatic rings. The average Bonchev–Trinajstić information content (AvgIpc) is 3.01. The van der Waals surface area contributed by atoms with E-state index < -0.39 is 11.4 Å². The number of nitrogens with zero attached hydrogens (tertiary/aromatic N) is 3. The minimum absolute atomic E-state index is 0.0244. The number of nitrogens with one attached hydrogen (secondary N) is 1. The lowest BCUT2D eigenvalue weighted by molar-refractivity contribution is 0.0285. The van der Waals surface area contributed by atoms with Crippen LogP contribution in [0.3, 0.4) is 0 Å². The number of aliphatic hydroxyl groups is 1. The van der Waals surface area contributed by atoms with Gasteiger partial charge in [-0.25, -0.2) is 9.37 Å². The number of fused-ring (bicyclic) bond motifs is 2. The van der Waals surface area contributed by atoms with Gasteiger partial charge in [-0.15, -0.1) is 0 Å². The summed E-state index contributed by atoms with van der Waals surface area (Å²) in [6.45, 7) is 8.11. The molecule has 228 valence electrons. The zero-order valence-electron chi connectivity index (χ0n) is 25.5. The molecule has 0 saturated carbocycles. The summed E-state index contributed by atoms with van der Waals surface area (Å²) in [5, 5.41) is 14.2. The Morgan fingerprint density at radius 1 is 0.978 bits per heavy atom. The molecular weight excluding hydrogens is 571 g/mol. The first-order valence-corrected chi connectivity index (χ1v) is 14.7. The summed E-state index contributed by atoms with van der Waals surface area (Å²) in [7, 11) is 0. The van der Waals surface area contributed by atoms with Crippen molar-refractivity contribution in [2.75, 3.05) is 11.9 Å². The zero-order valence-corrected chi connectivity index (χ0v) is 25.5. The molecule has 9 heteroatoms. The van der Waals surface area contributed by atoms with Crippen LogP contribution in [0.5, 0.6) is 17.2 Å². The number of rotatable bonds is 9. The fourth-order valence-electron chi connectivity index (χ4n) is 5.17. The van der Waals surface area contributed by atoms with E-state index in [1.165, 1.54) is 12.1 Å². The van der Waals surface area contributed by atoms with Crippen LogP contribution in [-0.4, -0.2) is 31.8 Å². The number of anilines is 2. The third kappa shape index (κ3) is 6.34. The molecule has 0 amide bonds. The van der Waals surface area contributed by atoms with E-state index in [0.717, 1.165) is 16.6 Å². The predicted molar refractivity (Wildman–Crippen MR) is 175 cm³/mol. The van der Waals surface area contributed by atoms with Crippen LogP contribution in [-0.2, 0) is 6.54 Å². The topological polar surface area (TPSA) is 98.5 Å². The van der Waals surface area contributed by atoms with E-state index in [1.54, 1.807) is 56.6 Å². The highest BCUT2D eigenvalue weighted by atomic mass is 19.1. The molecule has 3 aromatic heterocycles. The number of aryl methyl sites for hydroxylation is 2. The van der Waals surface area contributed by atoms with Gasteiger partial charge in [0.2, 0.25) is 5.43 Å². The Morgan fingerprint density at radius 3 is 2.56 bits per heavy atom. The number of ether oxygens (including phenoxy) is 2. The average molecular weight is 605 g/mol. The van der Waals surface area contributed by atoms with E-state index in [4.69, 9.17) is 9.47 Å². The van der Waals surface area contributed by atoms with Gasteiger partial charge in [-0.3, -0.25) is 9.78 Å². The summed E-state index contributed by atoms with van der Waals surface area (Å²) >= 11 is 0. The summed E-state index contributed by atoms with van der Waals surface area (Å²) in [6, 6.07) is 21.1. The Kier molecular flexibility index (Phi) is 7.95. The summed E-state index contributed by atoms with van der Waals surface area (Å²) in [5.41, 5.74) is 3.06. The van der Waals surface area contributed by atoms with Crippen LogP contribution in [0, 0.1) is 12.7 Å². The van der Waals surface area contributed by atoms with Crippen molar-refractivity contribution in [2.24, 2.45) is 0 Å². The second-order valence-electron chi connectivity index (χ2n) is 11.5. The van der Waals surface area contributed by atoms with E-state index in [2.05, 4.69) is 15.3 Å². The van der Waals surface area contributed by atoms with Gasteiger partial charge in [-0.1, -0.05) is 29.8 Å². The Hall–Kier alpha value is -5.28. The lowest BCUT2D eigenvalue weighted by Gasteiger charge is -2.18. The first kappa shape index (κ1) is 29.8. The Morgan fingerprint density at radius 2 is 1.80 bits per heavy atom. The van der Waals surface area contributed by atoms with Gasteiger partial charge in [0.05, 0.1) is 22.0 Å². The molecule has 0 spiro atoms. The number of benzene rings is 3. The quantitative estimate of drug-likeness (QED) is 0.174. The molecule has 0 aliphatic heterocycles. The molecule has 0 aliphatic rings. The molecule has 45 heavy (non-hydrogen) atoms. The fraction of sp³-hybridized carbons (Fsp3) is 0.194. The summed E-state index contributed by atoms with van der Waals surface area (Å²) in [5.74, 6) is 0.742. The highest BCUT2D eigenvalue weighted by molar-refractivity contribution is 5.94. The number of pyridine rings is 3.